The molecule has 1 saturated heterocycles. The maximum absolute atomic E-state index is 12.3. The van der Waals surface area contributed by atoms with E-state index < -0.39 is 0 Å². The molecule has 1 fully saturated rings. The Balaban J connectivity index is 1.44. The van der Waals surface area contributed by atoms with Gasteiger partial charge in [0.25, 0.3) is 5.91 Å². The Bertz CT molecular complexity index is 815. The number of amides is 2. The topological polar surface area (TPSA) is 88.3 Å². The van der Waals surface area contributed by atoms with Crippen molar-refractivity contribution >= 4 is 17.5 Å². The van der Waals surface area contributed by atoms with Crippen molar-refractivity contribution in [2.45, 2.75) is 58.3 Å². The SMILES string of the molecule is CC(C)(C)c1noc(CCCC(=O)Nc2ccc(C(=O)N3CCCC3)cc2)n1. The highest BCUT2D eigenvalue weighted by molar-refractivity contribution is 5.96. The van der Waals surface area contributed by atoms with Crippen molar-refractivity contribution in [3.63, 3.8) is 0 Å². The second kappa shape index (κ2) is 8.54. The molecule has 0 aliphatic carbocycles. The van der Waals surface area contributed by atoms with Gasteiger partial charge in [0.1, 0.15) is 0 Å². The Labute approximate surface area is 165 Å². The second-order valence-electron chi connectivity index (χ2n) is 8.24. The number of hydrogen-bond acceptors (Lipinski definition) is 5. The summed E-state index contributed by atoms with van der Waals surface area (Å²) in [4.78, 5) is 30.7. The lowest BCUT2D eigenvalue weighted by Gasteiger charge is -2.15. The molecule has 2 amide bonds. The lowest BCUT2D eigenvalue weighted by molar-refractivity contribution is -0.116. The van der Waals surface area contributed by atoms with Gasteiger partial charge < -0.3 is 14.7 Å². The van der Waals surface area contributed by atoms with Gasteiger partial charge in [-0.25, -0.2) is 0 Å². The lowest BCUT2D eigenvalue weighted by Crippen LogP contribution is -2.27. The van der Waals surface area contributed by atoms with E-state index in [2.05, 4.69) is 15.5 Å². The molecule has 1 aromatic carbocycles. The molecule has 28 heavy (non-hydrogen) atoms. The minimum absolute atomic E-state index is 0.0598. The van der Waals surface area contributed by atoms with Gasteiger partial charge in [0.2, 0.25) is 11.8 Å². The van der Waals surface area contributed by atoms with Crippen molar-refractivity contribution in [2.75, 3.05) is 18.4 Å². The Morgan fingerprint density at radius 3 is 2.43 bits per heavy atom. The first-order valence-electron chi connectivity index (χ1n) is 9.85. The summed E-state index contributed by atoms with van der Waals surface area (Å²) in [5, 5.41) is 6.85. The summed E-state index contributed by atoms with van der Waals surface area (Å²) >= 11 is 0. The Hall–Kier alpha value is -2.70. The van der Waals surface area contributed by atoms with Gasteiger partial charge in [-0.05, 0) is 43.5 Å². The van der Waals surface area contributed by atoms with Crippen LogP contribution in [0.15, 0.2) is 28.8 Å². The third-order valence-electron chi connectivity index (χ3n) is 4.74. The molecule has 1 aliphatic heterocycles. The first kappa shape index (κ1) is 20.0. The fourth-order valence-corrected chi connectivity index (χ4v) is 3.08. The molecule has 0 radical (unpaired) electrons. The Kier molecular flexibility index (Phi) is 6.11. The fraction of sp³-hybridized carbons (Fsp3) is 0.524. The highest BCUT2D eigenvalue weighted by Crippen LogP contribution is 2.19. The minimum Gasteiger partial charge on any atom is -0.339 e. The molecule has 1 aromatic heterocycles. The fourth-order valence-electron chi connectivity index (χ4n) is 3.08. The standard InChI is InChI=1S/C21H28N4O3/c1-21(2,3)20-23-18(28-24-20)8-6-7-17(26)22-16-11-9-15(10-12-16)19(27)25-13-4-5-14-25/h9-12H,4-8,13-14H2,1-3H3,(H,22,26). The van der Waals surface area contributed by atoms with Crippen molar-refractivity contribution in [2.24, 2.45) is 0 Å². The number of hydrogen-bond donors (Lipinski definition) is 1. The van der Waals surface area contributed by atoms with Crippen LogP contribution in [0.2, 0.25) is 0 Å². The van der Waals surface area contributed by atoms with Gasteiger partial charge in [0.05, 0.1) is 0 Å². The summed E-state index contributed by atoms with van der Waals surface area (Å²) in [6, 6.07) is 7.08. The normalized spacial score (nSPS) is 14.3. The largest absolute Gasteiger partial charge is 0.339 e. The van der Waals surface area contributed by atoms with Gasteiger partial charge in [-0.3, -0.25) is 9.59 Å². The molecule has 150 valence electrons. The van der Waals surface area contributed by atoms with Crippen LogP contribution in [0.4, 0.5) is 5.69 Å². The van der Waals surface area contributed by atoms with Gasteiger partial charge in [-0.2, -0.15) is 4.98 Å². The van der Waals surface area contributed by atoms with Crippen LogP contribution in [-0.4, -0.2) is 39.9 Å². The number of carbonyl (C=O) groups is 2. The number of likely N-dealkylation sites (tertiary alicyclic amines) is 1. The van der Waals surface area contributed by atoms with Gasteiger partial charge in [-0.1, -0.05) is 25.9 Å². The van der Waals surface area contributed by atoms with E-state index in [1.165, 1.54) is 0 Å². The van der Waals surface area contributed by atoms with Crippen molar-refractivity contribution in [1.82, 2.24) is 15.0 Å². The van der Waals surface area contributed by atoms with E-state index in [0.29, 0.717) is 42.2 Å². The average molecular weight is 384 g/mol. The Morgan fingerprint density at radius 1 is 1.14 bits per heavy atom. The summed E-state index contributed by atoms with van der Waals surface area (Å²) in [7, 11) is 0. The summed E-state index contributed by atoms with van der Waals surface area (Å²) < 4.78 is 5.24. The van der Waals surface area contributed by atoms with Crippen LogP contribution in [0, 0.1) is 0 Å². The zero-order chi connectivity index (χ0) is 20.1. The molecule has 7 heteroatoms. The molecule has 2 heterocycles. The number of aromatic nitrogens is 2. The Morgan fingerprint density at radius 2 is 1.82 bits per heavy atom. The molecule has 7 nitrogen and oxygen atoms in total. The van der Waals surface area contributed by atoms with E-state index in [-0.39, 0.29) is 17.2 Å². The van der Waals surface area contributed by atoms with Crippen molar-refractivity contribution in [3.8, 4) is 0 Å². The highest BCUT2D eigenvalue weighted by atomic mass is 16.5. The van der Waals surface area contributed by atoms with Crippen molar-refractivity contribution < 1.29 is 14.1 Å². The molecular weight excluding hydrogens is 356 g/mol. The molecule has 1 aliphatic rings. The predicted molar refractivity (Wildman–Crippen MR) is 106 cm³/mol. The molecule has 0 bridgehead atoms. The van der Waals surface area contributed by atoms with Gasteiger partial charge in [0.15, 0.2) is 5.82 Å². The van der Waals surface area contributed by atoms with E-state index in [4.69, 9.17) is 4.52 Å². The van der Waals surface area contributed by atoms with E-state index in [9.17, 15) is 9.59 Å². The van der Waals surface area contributed by atoms with Crippen LogP contribution in [0.3, 0.4) is 0 Å². The van der Waals surface area contributed by atoms with Gasteiger partial charge in [-0.15, -0.1) is 0 Å². The number of rotatable bonds is 6. The highest BCUT2D eigenvalue weighted by Gasteiger charge is 2.21. The number of nitrogens with one attached hydrogen (secondary N) is 1. The smallest absolute Gasteiger partial charge is 0.253 e. The van der Waals surface area contributed by atoms with Crippen LogP contribution in [0.5, 0.6) is 0 Å². The summed E-state index contributed by atoms with van der Waals surface area (Å²) in [6.45, 7) is 7.74. The van der Waals surface area contributed by atoms with Crippen LogP contribution >= 0.6 is 0 Å². The number of anilines is 1. The molecule has 0 unspecified atom stereocenters. The first-order chi connectivity index (χ1) is 13.3. The predicted octanol–water partition coefficient (Wildman–Crippen LogP) is 3.56. The first-order valence-corrected chi connectivity index (χ1v) is 9.85. The third kappa shape index (κ3) is 5.18. The summed E-state index contributed by atoms with van der Waals surface area (Å²) in [6.07, 6.45) is 3.70. The lowest BCUT2D eigenvalue weighted by atomic mass is 9.96. The maximum Gasteiger partial charge on any atom is 0.253 e. The number of carbonyl (C=O) groups excluding carboxylic acids is 2. The van der Waals surface area contributed by atoms with Crippen LogP contribution < -0.4 is 5.32 Å². The summed E-state index contributed by atoms with van der Waals surface area (Å²) in [5.74, 6) is 1.22. The van der Waals surface area contributed by atoms with E-state index in [1.54, 1.807) is 24.3 Å². The molecule has 1 N–H and O–H groups in total. The summed E-state index contributed by atoms with van der Waals surface area (Å²) in [5.41, 5.74) is 1.20. The zero-order valence-corrected chi connectivity index (χ0v) is 16.8. The van der Waals surface area contributed by atoms with Crippen molar-refractivity contribution in [3.05, 3.63) is 41.5 Å². The van der Waals surface area contributed by atoms with Crippen LogP contribution in [0.1, 0.15) is 68.5 Å². The van der Waals surface area contributed by atoms with Gasteiger partial charge >= 0.3 is 0 Å². The van der Waals surface area contributed by atoms with Crippen LogP contribution in [-0.2, 0) is 16.6 Å². The van der Waals surface area contributed by atoms with E-state index in [1.807, 2.05) is 25.7 Å². The third-order valence-corrected chi connectivity index (χ3v) is 4.74. The molecule has 0 spiro atoms. The van der Waals surface area contributed by atoms with Crippen LogP contribution in [0.25, 0.3) is 0 Å². The van der Waals surface area contributed by atoms with E-state index in [0.717, 1.165) is 25.9 Å². The number of benzene rings is 1. The number of nitrogens with zero attached hydrogens (tertiary/aromatic N) is 3. The average Bonchev–Trinajstić information content (AvgIpc) is 3.33. The molecule has 0 saturated carbocycles. The number of aryl methyl sites for hydroxylation is 1. The minimum atomic E-state index is -0.151. The quantitative estimate of drug-likeness (QED) is 0.823. The van der Waals surface area contributed by atoms with E-state index >= 15 is 0 Å². The van der Waals surface area contributed by atoms with Crippen molar-refractivity contribution in [1.29, 1.82) is 0 Å². The molecule has 3 rings (SSSR count). The molecule has 0 atom stereocenters. The zero-order valence-electron chi connectivity index (χ0n) is 16.8. The monoisotopic (exact) mass is 384 g/mol. The molecular formula is C21H28N4O3. The van der Waals surface area contributed by atoms with Gasteiger partial charge in [0, 0.05) is 42.6 Å². The second-order valence-corrected chi connectivity index (χ2v) is 8.24. The molecule has 2 aromatic rings. The maximum atomic E-state index is 12.3.